The number of hydrogen-bond acceptors (Lipinski definition) is 7. The maximum atomic E-state index is 12.7. The number of esters is 1. The van der Waals surface area contributed by atoms with E-state index in [1.807, 2.05) is 42.7 Å². The zero-order valence-electron chi connectivity index (χ0n) is 20.2. The molecule has 0 radical (unpaired) electrons. The van der Waals surface area contributed by atoms with Crippen LogP contribution in [0.15, 0.2) is 36.4 Å². The molecule has 1 amide bonds. The Morgan fingerprint density at radius 1 is 1.03 bits per heavy atom. The van der Waals surface area contributed by atoms with Crippen molar-refractivity contribution in [2.24, 2.45) is 0 Å². The van der Waals surface area contributed by atoms with Crippen LogP contribution < -0.4 is 19.5 Å². The molecule has 0 aliphatic heterocycles. The second-order valence-corrected chi connectivity index (χ2v) is 7.91. The molecule has 9 nitrogen and oxygen atoms in total. The van der Waals surface area contributed by atoms with E-state index >= 15 is 0 Å². The van der Waals surface area contributed by atoms with E-state index in [2.05, 4.69) is 10.3 Å². The highest BCUT2D eigenvalue weighted by Crippen LogP contribution is 2.38. The fourth-order valence-corrected chi connectivity index (χ4v) is 3.68. The van der Waals surface area contributed by atoms with E-state index in [9.17, 15) is 9.59 Å². The number of methoxy groups -OCH3 is 3. The number of ether oxygens (including phenoxy) is 4. The van der Waals surface area contributed by atoms with E-state index in [0.717, 1.165) is 16.9 Å². The standard InChI is InChI=1S/C25H31N3O6/c1-16(2)34-23(29)15-28-19-10-7-6-9-18(19)27-22(28)11-8-12-26-25(30)17-13-20(31-3)24(33-5)21(14-17)32-4/h6-7,9-10,13-14,16H,8,11-12,15H2,1-5H3,(H,26,30). The van der Waals surface area contributed by atoms with Gasteiger partial charge in [0, 0.05) is 18.5 Å². The Bertz CT molecular complexity index is 1130. The van der Waals surface area contributed by atoms with Crippen molar-refractivity contribution in [2.45, 2.75) is 39.3 Å². The molecule has 3 rings (SSSR count). The number of aromatic nitrogens is 2. The third kappa shape index (κ3) is 5.78. The van der Waals surface area contributed by atoms with Crippen LogP contribution in [0.3, 0.4) is 0 Å². The van der Waals surface area contributed by atoms with Gasteiger partial charge in [0.15, 0.2) is 11.5 Å². The van der Waals surface area contributed by atoms with Gasteiger partial charge in [-0.2, -0.15) is 0 Å². The first-order valence-corrected chi connectivity index (χ1v) is 11.1. The predicted octanol–water partition coefficient (Wildman–Crippen LogP) is 3.38. The fraction of sp³-hybridized carbons (Fsp3) is 0.400. The molecule has 0 bridgehead atoms. The molecule has 34 heavy (non-hydrogen) atoms. The first-order valence-electron chi connectivity index (χ1n) is 11.1. The number of rotatable bonds is 11. The van der Waals surface area contributed by atoms with Gasteiger partial charge in [0.25, 0.3) is 5.91 Å². The van der Waals surface area contributed by atoms with Crippen molar-refractivity contribution in [3.05, 3.63) is 47.8 Å². The van der Waals surface area contributed by atoms with Crippen molar-refractivity contribution in [3.63, 3.8) is 0 Å². The minimum absolute atomic E-state index is 0.0891. The second kappa shape index (κ2) is 11.4. The molecule has 9 heteroatoms. The molecule has 0 fully saturated rings. The Balaban J connectivity index is 1.67. The summed E-state index contributed by atoms with van der Waals surface area (Å²) in [6.07, 6.45) is 1.04. The molecular weight excluding hydrogens is 438 g/mol. The van der Waals surface area contributed by atoms with Crippen LogP contribution in [-0.2, 0) is 22.5 Å². The topological polar surface area (TPSA) is 101 Å². The molecule has 0 aliphatic rings. The van der Waals surface area contributed by atoms with Gasteiger partial charge in [-0.1, -0.05) is 12.1 Å². The highest BCUT2D eigenvalue weighted by molar-refractivity contribution is 5.95. The number of nitrogens with one attached hydrogen (secondary N) is 1. The van der Waals surface area contributed by atoms with E-state index in [0.29, 0.717) is 42.2 Å². The summed E-state index contributed by atoms with van der Waals surface area (Å²) in [5.41, 5.74) is 2.09. The van der Waals surface area contributed by atoms with Gasteiger partial charge < -0.3 is 28.8 Å². The highest BCUT2D eigenvalue weighted by Gasteiger charge is 2.18. The summed E-state index contributed by atoms with van der Waals surface area (Å²) in [6, 6.07) is 10.9. The van der Waals surface area contributed by atoms with Crippen molar-refractivity contribution in [1.82, 2.24) is 14.9 Å². The number of fused-ring (bicyclic) bond motifs is 1. The molecule has 0 unspecified atom stereocenters. The summed E-state index contributed by atoms with van der Waals surface area (Å²) in [5, 5.41) is 2.91. The summed E-state index contributed by atoms with van der Waals surface area (Å²) in [5.74, 6) is 1.45. The summed E-state index contributed by atoms with van der Waals surface area (Å²) in [7, 11) is 4.51. The molecule has 0 atom stereocenters. The molecule has 182 valence electrons. The Hall–Kier alpha value is -3.75. The van der Waals surface area contributed by atoms with Crippen LogP contribution in [0.25, 0.3) is 11.0 Å². The number of imidazole rings is 1. The number of carbonyl (C=O) groups is 2. The number of hydrogen-bond donors (Lipinski definition) is 1. The zero-order valence-corrected chi connectivity index (χ0v) is 20.2. The average Bonchev–Trinajstić information content (AvgIpc) is 3.17. The minimum Gasteiger partial charge on any atom is -0.493 e. The van der Waals surface area contributed by atoms with Gasteiger partial charge in [0.2, 0.25) is 5.75 Å². The van der Waals surface area contributed by atoms with Crippen LogP contribution in [0.4, 0.5) is 0 Å². The van der Waals surface area contributed by atoms with Crippen molar-refractivity contribution in [3.8, 4) is 17.2 Å². The zero-order chi connectivity index (χ0) is 24.7. The number of benzene rings is 2. The minimum atomic E-state index is -0.310. The third-order valence-corrected chi connectivity index (χ3v) is 5.18. The summed E-state index contributed by atoms with van der Waals surface area (Å²) in [6.45, 7) is 4.16. The lowest BCUT2D eigenvalue weighted by Gasteiger charge is -2.14. The van der Waals surface area contributed by atoms with Gasteiger partial charge in [-0.15, -0.1) is 0 Å². The SMILES string of the molecule is COc1cc(C(=O)NCCCc2nc3ccccc3n2CC(=O)OC(C)C)cc(OC)c1OC. The van der Waals surface area contributed by atoms with Crippen LogP contribution >= 0.6 is 0 Å². The van der Waals surface area contributed by atoms with Crippen LogP contribution in [-0.4, -0.2) is 55.4 Å². The van der Waals surface area contributed by atoms with Gasteiger partial charge in [-0.05, 0) is 44.5 Å². The quantitative estimate of drug-likeness (QED) is 0.339. The van der Waals surface area contributed by atoms with Gasteiger partial charge >= 0.3 is 5.97 Å². The van der Waals surface area contributed by atoms with Gasteiger partial charge in [0.05, 0.1) is 38.5 Å². The Morgan fingerprint density at radius 3 is 2.32 bits per heavy atom. The maximum absolute atomic E-state index is 12.7. The van der Waals surface area contributed by atoms with Crippen molar-refractivity contribution < 1.29 is 28.5 Å². The second-order valence-electron chi connectivity index (χ2n) is 7.91. The molecule has 1 N–H and O–H groups in total. The van der Waals surface area contributed by atoms with Crippen LogP contribution in [0.5, 0.6) is 17.2 Å². The maximum Gasteiger partial charge on any atom is 0.326 e. The first-order chi connectivity index (χ1) is 16.4. The number of para-hydroxylation sites is 2. The van der Waals surface area contributed by atoms with Crippen molar-refractivity contribution >= 4 is 22.9 Å². The molecule has 0 saturated heterocycles. The van der Waals surface area contributed by atoms with Gasteiger partial charge in [0.1, 0.15) is 12.4 Å². The van der Waals surface area contributed by atoms with E-state index in [1.54, 1.807) is 12.1 Å². The number of carbonyl (C=O) groups excluding carboxylic acids is 2. The Morgan fingerprint density at radius 2 is 1.71 bits per heavy atom. The lowest BCUT2D eigenvalue weighted by atomic mass is 10.1. The molecule has 2 aromatic carbocycles. The van der Waals surface area contributed by atoms with Crippen LogP contribution in [0.2, 0.25) is 0 Å². The van der Waals surface area contributed by atoms with Crippen molar-refractivity contribution in [2.75, 3.05) is 27.9 Å². The Labute approximate surface area is 199 Å². The van der Waals surface area contributed by atoms with E-state index in [4.69, 9.17) is 18.9 Å². The van der Waals surface area contributed by atoms with Gasteiger partial charge in [-0.3, -0.25) is 9.59 Å². The number of amides is 1. The normalized spacial score (nSPS) is 10.9. The lowest BCUT2D eigenvalue weighted by Crippen LogP contribution is -2.25. The monoisotopic (exact) mass is 469 g/mol. The molecule has 1 aromatic heterocycles. The molecule has 0 aliphatic carbocycles. The lowest BCUT2D eigenvalue weighted by molar-refractivity contribution is -0.148. The van der Waals surface area contributed by atoms with E-state index in [1.165, 1.54) is 21.3 Å². The van der Waals surface area contributed by atoms with Crippen molar-refractivity contribution in [1.29, 1.82) is 0 Å². The summed E-state index contributed by atoms with van der Waals surface area (Å²) < 4.78 is 23.1. The largest absolute Gasteiger partial charge is 0.493 e. The van der Waals surface area contributed by atoms with E-state index < -0.39 is 0 Å². The predicted molar refractivity (Wildman–Crippen MR) is 128 cm³/mol. The highest BCUT2D eigenvalue weighted by atomic mass is 16.5. The smallest absolute Gasteiger partial charge is 0.326 e. The molecule has 0 spiro atoms. The number of aryl methyl sites for hydroxylation is 1. The first kappa shape index (κ1) is 24.9. The molecule has 1 heterocycles. The van der Waals surface area contributed by atoms with Crippen LogP contribution in [0, 0.1) is 0 Å². The molecule has 0 saturated carbocycles. The summed E-state index contributed by atoms with van der Waals surface area (Å²) in [4.78, 5) is 29.7. The van der Waals surface area contributed by atoms with E-state index in [-0.39, 0.29) is 24.5 Å². The third-order valence-electron chi connectivity index (χ3n) is 5.18. The molecule has 3 aromatic rings. The number of nitrogens with zero attached hydrogens (tertiary/aromatic N) is 2. The Kier molecular flexibility index (Phi) is 8.34. The summed E-state index contributed by atoms with van der Waals surface area (Å²) >= 11 is 0. The fourth-order valence-electron chi connectivity index (χ4n) is 3.68. The van der Waals surface area contributed by atoms with Gasteiger partial charge in [-0.25, -0.2) is 4.98 Å². The van der Waals surface area contributed by atoms with Crippen LogP contribution in [0.1, 0.15) is 36.5 Å². The molecular formula is C25H31N3O6. The average molecular weight is 470 g/mol.